The van der Waals surface area contributed by atoms with E-state index in [-0.39, 0.29) is 36.1 Å². The Hall–Kier alpha value is -2.11. The molecule has 0 radical (unpaired) electrons. The van der Waals surface area contributed by atoms with Crippen molar-refractivity contribution in [3.05, 3.63) is 70.5 Å². The number of alkyl halides is 1. The number of carbonyl (C=O) groups excluding carboxylic acids is 2. The van der Waals surface area contributed by atoms with Gasteiger partial charge in [0.1, 0.15) is 17.7 Å². The highest BCUT2D eigenvalue weighted by Crippen LogP contribution is 2.28. The summed E-state index contributed by atoms with van der Waals surface area (Å²) in [6.45, 7) is 2.35. The highest BCUT2D eigenvalue weighted by Gasteiger charge is 2.33. The van der Waals surface area contributed by atoms with Crippen LogP contribution in [0.4, 0.5) is 4.39 Å². The van der Waals surface area contributed by atoms with E-state index in [0.29, 0.717) is 22.1 Å². The van der Waals surface area contributed by atoms with Gasteiger partial charge in [0.2, 0.25) is 11.8 Å². The lowest BCUT2D eigenvalue weighted by Gasteiger charge is -2.34. The predicted molar refractivity (Wildman–Crippen MR) is 121 cm³/mol. The molecule has 1 saturated carbocycles. The van der Waals surface area contributed by atoms with Crippen molar-refractivity contribution in [2.75, 3.05) is 5.88 Å². The molecule has 1 N–H and O–H groups in total. The molecular weight excluding hydrogens is 438 g/mol. The van der Waals surface area contributed by atoms with Gasteiger partial charge < -0.3 is 10.2 Å². The molecule has 0 bridgehead atoms. The standard InChI is InChI=1S/C24H27Cl2FN2O2/c1-16-2-12-21(13-3-16)28-24(31)23(18-6-8-19(26)9-7-18)29(22(30)14-25)15-17-4-10-20(27)11-5-17/h4-11,16,21,23H,2-3,12-15H2,1H3,(H,28,31)/t16?,21?,23-/m0/s1. The fourth-order valence-electron chi connectivity index (χ4n) is 3.99. The van der Waals surface area contributed by atoms with Crippen LogP contribution in [0.1, 0.15) is 49.8 Å². The molecule has 0 aromatic heterocycles. The average molecular weight is 465 g/mol. The second-order valence-electron chi connectivity index (χ2n) is 8.20. The van der Waals surface area contributed by atoms with Crippen molar-refractivity contribution < 1.29 is 14.0 Å². The highest BCUT2D eigenvalue weighted by atomic mass is 35.5. The summed E-state index contributed by atoms with van der Waals surface area (Å²) in [5.41, 5.74) is 1.35. The van der Waals surface area contributed by atoms with Crippen LogP contribution in [0.3, 0.4) is 0 Å². The Balaban J connectivity index is 1.90. The van der Waals surface area contributed by atoms with Crippen LogP contribution in [0.15, 0.2) is 48.5 Å². The van der Waals surface area contributed by atoms with Gasteiger partial charge in [0.25, 0.3) is 0 Å². The van der Waals surface area contributed by atoms with Crippen molar-refractivity contribution in [1.82, 2.24) is 10.2 Å². The average Bonchev–Trinajstić information content (AvgIpc) is 2.77. The molecule has 0 unspecified atom stereocenters. The zero-order valence-electron chi connectivity index (χ0n) is 17.5. The molecule has 166 valence electrons. The quantitative estimate of drug-likeness (QED) is 0.551. The van der Waals surface area contributed by atoms with Gasteiger partial charge in [0, 0.05) is 17.6 Å². The van der Waals surface area contributed by atoms with Gasteiger partial charge in [-0.05, 0) is 67.0 Å². The van der Waals surface area contributed by atoms with Gasteiger partial charge in [-0.2, -0.15) is 0 Å². The first-order valence-electron chi connectivity index (χ1n) is 10.5. The van der Waals surface area contributed by atoms with E-state index in [1.165, 1.54) is 17.0 Å². The number of benzene rings is 2. The van der Waals surface area contributed by atoms with Crippen molar-refractivity contribution in [3.8, 4) is 0 Å². The lowest BCUT2D eigenvalue weighted by Crippen LogP contribution is -2.47. The molecule has 0 spiro atoms. The Kier molecular flexibility index (Phi) is 8.33. The van der Waals surface area contributed by atoms with Gasteiger partial charge in [-0.3, -0.25) is 9.59 Å². The van der Waals surface area contributed by atoms with E-state index in [1.807, 2.05) is 0 Å². The number of nitrogens with one attached hydrogen (secondary N) is 1. The third-order valence-corrected chi connectivity index (χ3v) is 6.29. The second-order valence-corrected chi connectivity index (χ2v) is 8.90. The third kappa shape index (κ3) is 6.44. The molecule has 1 atom stereocenters. The van der Waals surface area contributed by atoms with E-state index >= 15 is 0 Å². The van der Waals surface area contributed by atoms with Gasteiger partial charge in [-0.1, -0.05) is 42.8 Å². The normalized spacial score (nSPS) is 19.5. The predicted octanol–water partition coefficient (Wildman–Crippen LogP) is 5.48. The fourth-order valence-corrected chi connectivity index (χ4v) is 4.27. The number of rotatable bonds is 7. The summed E-state index contributed by atoms with van der Waals surface area (Å²) in [6.07, 6.45) is 3.97. The molecule has 0 aliphatic heterocycles. The van der Waals surface area contributed by atoms with Crippen molar-refractivity contribution in [3.63, 3.8) is 0 Å². The summed E-state index contributed by atoms with van der Waals surface area (Å²) >= 11 is 11.9. The van der Waals surface area contributed by atoms with Crippen LogP contribution in [0.5, 0.6) is 0 Å². The number of hydrogen-bond donors (Lipinski definition) is 1. The summed E-state index contributed by atoms with van der Waals surface area (Å²) in [6, 6.07) is 12.0. The molecule has 1 fully saturated rings. The second kappa shape index (κ2) is 11.0. The molecule has 4 nitrogen and oxygen atoms in total. The van der Waals surface area contributed by atoms with E-state index in [1.54, 1.807) is 36.4 Å². The van der Waals surface area contributed by atoms with Crippen molar-refractivity contribution in [2.45, 2.75) is 51.2 Å². The van der Waals surface area contributed by atoms with E-state index in [2.05, 4.69) is 12.2 Å². The summed E-state index contributed by atoms with van der Waals surface area (Å²) < 4.78 is 13.3. The van der Waals surface area contributed by atoms with Crippen LogP contribution in [-0.4, -0.2) is 28.6 Å². The van der Waals surface area contributed by atoms with Gasteiger partial charge in [0.05, 0.1) is 0 Å². The topological polar surface area (TPSA) is 49.4 Å². The Morgan fingerprint density at radius 1 is 1.06 bits per heavy atom. The maximum Gasteiger partial charge on any atom is 0.247 e. The number of hydrogen-bond acceptors (Lipinski definition) is 2. The zero-order valence-corrected chi connectivity index (χ0v) is 19.0. The summed E-state index contributed by atoms with van der Waals surface area (Å²) in [7, 11) is 0. The van der Waals surface area contributed by atoms with Crippen molar-refractivity contribution in [1.29, 1.82) is 0 Å². The SMILES string of the molecule is CC1CCC(NC(=O)[C@H](c2ccc(Cl)cc2)N(Cc2ccc(F)cc2)C(=O)CCl)CC1. The van der Waals surface area contributed by atoms with Crippen LogP contribution >= 0.6 is 23.2 Å². The van der Waals surface area contributed by atoms with E-state index in [9.17, 15) is 14.0 Å². The lowest BCUT2D eigenvalue weighted by molar-refractivity contribution is -0.140. The highest BCUT2D eigenvalue weighted by molar-refractivity contribution is 6.30. The van der Waals surface area contributed by atoms with Gasteiger partial charge in [-0.15, -0.1) is 11.6 Å². The minimum absolute atomic E-state index is 0.0808. The number of carbonyl (C=O) groups is 2. The molecule has 31 heavy (non-hydrogen) atoms. The third-order valence-electron chi connectivity index (χ3n) is 5.81. The Labute approximate surface area is 192 Å². The minimum atomic E-state index is -0.868. The Morgan fingerprint density at radius 3 is 2.26 bits per heavy atom. The first-order chi connectivity index (χ1) is 14.9. The Bertz CT molecular complexity index is 881. The van der Waals surface area contributed by atoms with Crippen LogP contribution in [0.25, 0.3) is 0 Å². The molecule has 7 heteroatoms. The maximum absolute atomic E-state index is 13.4. The summed E-state index contributed by atoms with van der Waals surface area (Å²) in [4.78, 5) is 27.7. The first kappa shape index (κ1) is 23.6. The van der Waals surface area contributed by atoms with Crippen LogP contribution in [0.2, 0.25) is 5.02 Å². The molecule has 2 amide bonds. The molecular formula is C24H27Cl2FN2O2. The van der Waals surface area contributed by atoms with Crippen molar-refractivity contribution in [2.24, 2.45) is 5.92 Å². The first-order valence-corrected chi connectivity index (χ1v) is 11.4. The molecule has 2 aromatic carbocycles. The molecule has 2 aromatic rings. The summed E-state index contributed by atoms with van der Waals surface area (Å²) in [5, 5.41) is 3.68. The number of nitrogens with zero attached hydrogens (tertiary/aromatic N) is 1. The van der Waals surface area contributed by atoms with Gasteiger partial charge in [-0.25, -0.2) is 4.39 Å². The van der Waals surface area contributed by atoms with Crippen LogP contribution in [-0.2, 0) is 16.1 Å². The summed E-state index contributed by atoms with van der Waals surface area (Å²) in [5.74, 6) is -0.592. The fraction of sp³-hybridized carbons (Fsp3) is 0.417. The van der Waals surface area contributed by atoms with E-state index < -0.39 is 6.04 Å². The zero-order chi connectivity index (χ0) is 22.4. The molecule has 0 heterocycles. The molecule has 0 saturated heterocycles. The molecule has 1 aliphatic carbocycles. The van der Waals surface area contributed by atoms with Gasteiger partial charge >= 0.3 is 0 Å². The minimum Gasteiger partial charge on any atom is -0.351 e. The number of amides is 2. The van der Waals surface area contributed by atoms with Gasteiger partial charge in [0.15, 0.2) is 0 Å². The Morgan fingerprint density at radius 2 is 1.68 bits per heavy atom. The van der Waals surface area contributed by atoms with E-state index in [4.69, 9.17) is 23.2 Å². The lowest BCUT2D eigenvalue weighted by atomic mass is 9.87. The maximum atomic E-state index is 13.4. The van der Waals surface area contributed by atoms with E-state index in [0.717, 1.165) is 25.7 Å². The van der Waals surface area contributed by atoms with Crippen LogP contribution in [0, 0.1) is 11.7 Å². The molecule has 1 aliphatic rings. The van der Waals surface area contributed by atoms with Crippen molar-refractivity contribution >= 4 is 35.0 Å². The monoisotopic (exact) mass is 464 g/mol. The van der Waals surface area contributed by atoms with Crippen LogP contribution < -0.4 is 5.32 Å². The largest absolute Gasteiger partial charge is 0.351 e. The number of halogens is 3. The smallest absolute Gasteiger partial charge is 0.247 e. The molecule has 3 rings (SSSR count).